The number of ether oxygens (including phenoxy) is 1. The van der Waals surface area contributed by atoms with Gasteiger partial charge in [-0.3, -0.25) is 14.5 Å². The number of Topliss-reactive ketones (excluding diaryl/α,β-unsaturated/α-hetero) is 1. The molecule has 0 aliphatic carbocycles. The number of hydrogen-bond acceptors (Lipinski definition) is 4. The topological polar surface area (TPSA) is 66.8 Å². The molecule has 33 heavy (non-hydrogen) atoms. The number of aryl methyl sites for hydroxylation is 2. The first-order chi connectivity index (χ1) is 15.7. The number of aliphatic hydroxyl groups is 1. The van der Waals surface area contributed by atoms with E-state index >= 15 is 0 Å². The van der Waals surface area contributed by atoms with Crippen LogP contribution in [0.2, 0.25) is 10.0 Å². The number of anilines is 1. The van der Waals surface area contributed by atoms with Crippen molar-refractivity contribution in [3.8, 4) is 5.75 Å². The maximum absolute atomic E-state index is 13.3. The Balaban J connectivity index is 2.01. The number of halogens is 2. The van der Waals surface area contributed by atoms with Gasteiger partial charge in [-0.15, -0.1) is 0 Å². The van der Waals surface area contributed by atoms with Gasteiger partial charge in [0.05, 0.1) is 29.3 Å². The van der Waals surface area contributed by atoms with Crippen LogP contribution >= 0.6 is 23.2 Å². The van der Waals surface area contributed by atoms with Crippen molar-refractivity contribution < 1.29 is 19.4 Å². The molecule has 1 heterocycles. The third-order valence-corrected chi connectivity index (χ3v) is 6.09. The minimum absolute atomic E-state index is 0.0412. The first-order valence-corrected chi connectivity index (χ1v) is 11.0. The quantitative estimate of drug-likeness (QED) is 0.271. The van der Waals surface area contributed by atoms with Crippen LogP contribution in [0.25, 0.3) is 5.76 Å². The Bertz CT molecular complexity index is 1300. The normalized spacial score (nSPS) is 17.5. The summed E-state index contributed by atoms with van der Waals surface area (Å²) in [4.78, 5) is 27.9. The van der Waals surface area contributed by atoms with Crippen LogP contribution in [0.1, 0.15) is 28.3 Å². The number of rotatable bonds is 4. The molecule has 1 N–H and O–H groups in total. The molecule has 0 saturated carbocycles. The van der Waals surface area contributed by atoms with Crippen LogP contribution in [0.4, 0.5) is 5.69 Å². The third-order valence-electron chi connectivity index (χ3n) is 5.55. The Kier molecular flexibility index (Phi) is 6.19. The van der Waals surface area contributed by atoms with Gasteiger partial charge in [0.2, 0.25) is 0 Å². The van der Waals surface area contributed by atoms with Gasteiger partial charge >= 0.3 is 0 Å². The van der Waals surface area contributed by atoms with Gasteiger partial charge in [0.15, 0.2) is 0 Å². The second-order valence-corrected chi connectivity index (χ2v) is 8.73. The van der Waals surface area contributed by atoms with Crippen molar-refractivity contribution in [2.45, 2.75) is 19.9 Å². The lowest BCUT2D eigenvalue weighted by molar-refractivity contribution is -0.132. The van der Waals surface area contributed by atoms with Crippen LogP contribution in [0.15, 0.2) is 66.2 Å². The number of amides is 1. The molecule has 3 aromatic rings. The average molecular weight is 482 g/mol. The Morgan fingerprint density at radius 1 is 0.970 bits per heavy atom. The summed E-state index contributed by atoms with van der Waals surface area (Å²) in [7, 11) is 1.43. The number of benzene rings is 3. The molecule has 1 atom stereocenters. The number of hydrogen-bond donors (Lipinski definition) is 1. The monoisotopic (exact) mass is 481 g/mol. The van der Waals surface area contributed by atoms with Gasteiger partial charge in [0.25, 0.3) is 11.7 Å². The van der Waals surface area contributed by atoms with E-state index in [0.717, 1.165) is 11.1 Å². The Labute approximate surface area is 201 Å². The average Bonchev–Trinajstić information content (AvgIpc) is 3.04. The molecule has 5 nitrogen and oxygen atoms in total. The fourth-order valence-corrected chi connectivity index (χ4v) is 4.59. The number of ketones is 1. The smallest absolute Gasteiger partial charge is 0.300 e. The summed E-state index contributed by atoms with van der Waals surface area (Å²) in [5.41, 5.74) is 3.09. The van der Waals surface area contributed by atoms with E-state index in [9.17, 15) is 14.7 Å². The molecule has 3 aromatic carbocycles. The molecule has 1 unspecified atom stereocenters. The molecule has 1 amide bonds. The molecule has 168 valence electrons. The van der Waals surface area contributed by atoms with E-state index in [1.165, 1.54) is 12.0 Å². The van der Waals surface area contributed by atoms with Gasteiger partial charge < -0.3 is 9.84 Å². The van der Waals surface area contributed by atoms with E-state index in [2.05, 4.69) is 0 Å². The van der Waals surface area contributed by atoms with E-state index < -0.39 is 17.7 Å². The second kappa shape index (κ2) is 8.93. The third kappa shape index (κ3) is 4.10. The van der Waals surface area contributed by atoms with Gasteiger partial charge in [-0.25, -0.2) is 0 Å². The standard InChI is InChI=1S/C26H21Cl2NO4/c1-14-5-4-6-16(11-14)22-21(23(30)19-12-15(2)13-20(28)25(19)33-3)24(31)26(32)29(22)18-9-7-17(27)8-10-18/h4-13,22,30H,1-3H3/b23-21+. The van der Waals surface area contributed by atoms with Gasteiger partial charge in [-0.1, -0.05) is 53.0 Å². The predicted octanol–water partition coefficient (Wildman–Crippen LogP) is 6.25. The summed E-state index contributed by atoms with van der Waals surface area (Å²) in [6.45, 7) is 3.73. The molecule has 4 rings (SSSR count). The minimum atomic E-state index is -0.852. The highest BCUT2D eigenvalue weighted by molar-refractivity contribution is 6.51. The number of carbonyl (C=O) groups excluding carboxylic acids is 2. The zero-order valence-corrected chi connectivity index (χ0v) is 19.7. The SMILES string of the molecule is COc1c(Cl)cc(C)cc1/C(O)=C1\C(=O)C(=O)N(c2ccc(Cl)cc2)C1c1cccc(C)c1. The van der Waals surface area contributed by atoms with Crippen molar-refractivity contribution in [2.75, 3.05) is 12.0 Å². The van der Waals surface area contributed by atoms with Gasteiger partial charge in [-0.2, -0.15) is 0 Å². The minimum Gasteiger partial charge on any atom is -0.507 e. The van der Waals surface area contributed by atoms with Crippen LogP contribution in [0, 0.1) is 13.8 Å². The zero-order chi connectivity index (χ0) is 23.9. The van der Waals surface area contributed by atoms with Crippen LogP contribution < -0.4 is 9.64 Å². The summed E-state index contributed by atoms with van der Waals surface area (Å²) >= 11 is 12.4. The molecule has 1 saturated heterocycles. The summed E-state index contributed by atoms with van der Waals surface area (Å²) < 4.78 is 5.41. The second-order valence-electron chi connectivity index (χ2n) is 7.89. The number of methoxy groups -OCH3 is 1. The van der Waals surface area contributed by atoms with Crippen molar-refractivity contribution >= 4 is 46.3 Å². The van der Waals surface area contributed by atoms with Crippen LogP contribution in [-0.2, 0) is 9.59 Å². The van der Waals surface area contributed by atoms with E-state index in [-0.39, 0.29) is 27.7 Å². The van der Waals surface area contributed by atoms with E-state index in [1.54, 1.807) is 36.4 Å². The number of aliphatic hydroxyl groups excluding tert-OH is 1. The predicted molar refractivity (Wildman–Crippen MR) is 130 cm³/mol. The van der Waals surface area contributed by atoms with E-state index in [1.807, 2.05) is 38.1 Å². The largest absolute Gasteiger partial charge is 0.507 e. The highest BCUT2D eigenvalue weighted by Gasteiger charge is 2.47. The maximum atomic E-state index is 13.3. The molecular weight excluding hydrogens is 461 g/mol. The lowest BCUT2D eigenvalue weighted by atomic mass is 9.93. The molecule has 1 fully saturated rings. The Morgan fingerprint density at radius 2 is 1.67 bits per heavy atom. The summed E-state index contributed by atoms with van der Waals surface area (Å²) in [6.07, 6.45) is 0. The van der Waals surface area contributed by atoms with Crippen molar-refractivity contribution in [3.63, 3.8) is 0 Å². The van der Waals surface area contributed by atoms with Crippen molar-refractivity contribution in [2.24, 2.45) is 0 Å². The summed E-state index contributed by atoms with van der Waals surface area (Å²) in [5.74, 6) is -1.67. The van der Waals surface area contributed by atoms with E-state index in [0.29, 0.717) is 16.3 Å². The number of nitrogens with zero attached hydrogens (tertiary/aromatic N) is 1. The summed E-state index contributed by atoms with van der Waals surface area (Å²) in [6, 6.07) is 16.6. The van der Waals surface area contributed by atoms with Crippen LogP contribution in [0.3, 0.4) is 0 Å². The van der Waals surface area contributed by atoms with Gasteiger partial charge in [0.1, 0.15) is 11.5 Å². The molecule has 0 radical (unpaired) electrons. The zero-order valence-electron chi connectivity index (χ0n) is 18.2. The first kappa shape index (κ1) is 22.9. The lowest BCUT2D eigenvalue weighted by Crippen LogP contribution is -2.29. The molecule has 0 bridgehead atoms. The van der Waals surface area contributed by atoms with Crippen LogP contribution in [0.5, 0.6) is 5.75 Å². The molecule has 1 aliphatic rings. The van der Waals surface area contributed by atoms with E-state index in [4.69, 9.17) is 27.9 Å². The van der Waals surface area contributed by atoms with Gasteiger partial charge in [-0.05, 0) is 61.4 Å². The molecule has 0 aromatic heterocycles. The maximum Gasteiger partial charge on any atom is 0.300 e. The van der Waals surface area contributed by atoms with Crippen molar-refractivity contribution in [3.05, 3.63) is 98.5 Å². The number of carbonyl (C=O) groups is 2. The molecule has 1 aliphatic heterocycles. The fraction of sp³-hybridized carbons (Fsp3) is 0.154. The summed E-state index contributed by atoms with van der Waals surface area (Å²) in [5, 5.41) is 12.2. The fourth-order valence-electron chi connectivity index (χ4n) is 4.11. The Morgan fingerprint density at radius 3 is 2.30 bits per heavy atom. The molecular formula is C26H21Cl2NO4. The molecule has 7 heteroatoms. The lowest BCUT2D eigenvalue weighted by Gasteiger charge is -2.26. The highest BCUT2D eigenvalue weighted by atomic mass is 35.5. The Hall–Kier alpha value is -3.28. The first-order valence-electron chi connectivity index (χ1n) is 10.2. The van der Waals surface area contributed by atoms with Gasteiger partial charge in [0, 0.05) is 10.7 Å². The van der Waals surface area contributed by atoms with Crippen molar-refractivity contribution in [1.29, 1.82) is 0 Å². The van der Waals surface area contributed by atoms with Crippen LogP contribution in [-0.4, -0.2) is 23.9 Å². The molecule has 0 spiro atoms. The highest BCUT2D eigenvalue weighted by Crippen LogP contribution is 2.44. The van der Waals surface area contributed by atoms with Crippen molar-refractivity contribution in [1.82, 2.24) is 0 Å².